The van der Waals surface area contributed by atoms with Gasteiger partial charge in [0, 0.05) is 17.9 Å². The molecule has 0 saturated carbocycles. The summed E-state index contributed by atoms with van der Waals surface area (Å²) in [6.07, 6.45) is 3.30. The summed E-state index contributed by atoms with van der Waals surface area (Å²) in [5.41, 5.74) is -0.251. The Morgan fingerprint density at radius 2 is 1.86 bits per heavy atom. The van der Waals surface area contributed by atoms with Gasteiger partial charge in [-0.2, -0.15) is 13.9 Å². The summed E-state index contributed by atoms with van der Waals surface area (Å²) in [6.45, 7) is 0.697. The molecule has 1 aromatic carbocycles. The van der Waals surface area contributed by atoms with Crippen LogP contribution in [-0.4, -0.2) is 20.2 Å². The van der Waals surface area contributed by atoms with Gasteiger partial charge in [-0.25, -0.2) is 8.78 Å². The molecule has 4 nitrogen and oxygen atoms in total. The zero-order valence-corrected chi connectivity index (χ0v) is 10.7. The summed E-state index contributed by atoms with van der Waals surface area (Å²) < 4.78 is 53.3. The Kier molecular flexibility index (Phi) is 2.89. The zero-order chi connectivity index (χ0) is 15.2. The van der Waals surface area contributed by atoms with E-state index in [-0.39, 0.29) is 16.8 Å². The van der Waals surface area contributed by atoms with Crippen molar-refractivity contribution in [2.45, 2.75) is 12.8 Å². The zero-order valence-electron chi connectivity index (χ0n) is 10.7. The van der Waals surface area contributed by atoms with E-state index in [0.29, 0.717) is 12.3 Å². The maximum absolute atomic E-state index is 13.6. The molecule has 2 aromatic heterocycles. The number of hydrogen-bond acceptors (Lipinski definition) is 3. The van der Waals surface area contributed by atoms with E-state index in [1.807, 2.05) is 0 Å². The third-order valence-corrected chi connectivity index (χ3v) is 3.01. The highest BCUT2D eigenvalue weighted by molar-refractivity contribution is 5.93. The van der Waals surface area contributed by atoms with Crippen molar-refractivity contribution in [3.63, 3.8) is 0 Å². The summed E-state index contributed by atoms with van der Waals surface area (Å²) in [4.78, 5) is 7.45. The first-order chi connectivity index (χ1) is 9.88. The standard InChI is InChI=1S/C13H8F4N4/c1-13(16,17)10-5-18-9(4-19-10)6-2-8(14)11(15)12-7(6)3-20-21-12/h2-5H,1H3,(H,20,21). The SMILES string of the molecule is CC(F)(F)c1cnc(-c2cc(F)c(F)c3[nH]ncc23)cn1. The highest BCUT2D eigenvalue weighted by Crippen LogP contribution is 2.30. The summed E-state index contributed by atoms with van der Waals surface area (Å²) in [5, 5.41) is 6.28. The molecule has 1 N–H and O–H groups in total. The van der Waals surface area contributed by atoms with Gasteiger partial charge >= 0.3 is 0 Å². The lowest BCUT2D eigenvalue weighted by molar-refractivity contribution is 0.0124. The van der Waals surface area contributed by atoms with Gasteiger partial charge in [0.25, 0.3) is 5.92 Å². The third-order valence-electron chi connectivity index (χ3n) is 3.01. The molecule has 0 bridgehead atoms. The van der Waals surface area contributed by atoms with Crippen LogP contribution >= 0.6 is 0 Å². The Morgan fingerprint density at radius 3 is 2.48 bits per heavy atom. The number of rotatable bonds is 2. The fourth-order valence-electron chi connectivity index (χ4n) is 1.95. The van der Waals surface area contributed by atoms with Crippen molar-refractivity contribution in [1.29, 1.82) is 0 Å². The first-order valence-electron chi connectivity index (χ1n) is 5.89. The van der Waals surface area contributed by atoms with Crippen LogP contribution in [0.3, 0.4) is 0 Å². The number of hydrogen-bond donors (Lipinski definition) is 1. The van der Waals surface area contributed by atoms with Gasteiger partial charge in [-0.15, -0.1) is 0 Å². The predicted molar refractivity (Wildman–Crippen MR) is 66.6 cm³/mol. The largest absolute Gasteiger partial charge is 0.288 e. The van der Waals surface area contributed by atoms with E-state index in [0.717, 1.165) is 18.5 Å². The summed E-state index contributed by atoms with van der Waals surface area (Å²) in [6, 6.07) is 0.932. The second-order valence-corrected chi connectivity index (χ2v) is 4.55. The van der Waals surface area contributed by atoms with E-state index in [2.05, 4.69) is 20.2 Å². The van der Waals surface area contributed by atoms with Crippen LogP contribution in [0.4, 0.5) is 17.6 Å². The van der Waals surface area contributed by atoms with E-state index in [1.165, 1.54) is 6.20 Å². The first-order valence-corrected chi connectivity index (χ1v) is 5.89. The van der Waals surface area contributed by atoms with Gasteiger partial charge in [0.1, 0.15) is 11.2 Å². The highest BCUT2D eigenvalue weighted by atomic mass is 19.3. The fourth-order valence-corrected chi connectivity index (χ4v) is 1.95. The number of benzene rings is 1. The lowest BCUT2D eigenvalue weighted by Gasteiger charge is -2.09. The second-order valence-electron chi connectivity index (χ2n) is 4.55. The van der Waals surface area contributed by atoms with Gasteiger partial charge in [-0.05, 0) is 6.07 Å². The minimum absolute atomic E-state index is 0.114. The van der Waals surface area contributed by atoms with Crippen LogP contribution in [0.2, 0.25) is 0 Å². The molecule has 0 spiro atoms. The Balaban J connectivity index is 2.17. The number of aromatic amines is 1. The summed E-state index contributed by atoms with van der Waals surface area (Å²) >= 11 is 0. The number of fused-ring (bicyclic) bond motifs is 1. The molecule has 0 fully saturated rings. The van der Waals surface area contributed by atoms with Gasteiger partial charge in [-0.3, -0.25) is 15.1 Å². The number of nitrogens with one attached hydrogen (secondary N) is 1. The lowest BCUT2D eigenvalue weighted by atomic mass is 10.1. The maximum atomic E-state index is 13.6. The van der Waals surface area contributed by atoms with E-state index >= 15 is 0 Å². The molecule has 0 saturated heterocycles. The molecule has 3 rings (SSSR count). The van der Waals surface area contributed by atoms with Crippen LogP contribution in [0, 0.1) is 11.6 Å². The maximum Gasteiger partial charge on any atom is 0.288 e. The van der Waals surface area contributed by atoms with Crippen LogP contribution in [0.15, 0.2) is 24.7 Å². The van der Waals surface area contributed by atoms with Crippen molar-refractivity contribution in [3.8, 4) is 11.3 Å². The minimum Gasteiger partial charge on any atom is -0.275 e. The average molecular weight is 296 g/mol. The van der Waals surface area contributed by atoms with Crippen molar-refractivity contribution >= 4 is 10.9 Å². The third kappa shape index (κ3) is 2.22. The van der Waals surface area contributed by atoms with Crippen molar-refractivity contribution < 1.29 is 17.6 Å². The van der Waals surface area contributed by atoms with Gasteiger partial charge in [0.15, 0.2) is 11.6 Å². The van der Waals surface area contributed by atoms with Crippen LogP contribution in [0.1, 0.15) is 12.6 Å². The van der Waals surface area contributed by atoms with Gasteiger partial charge < -0.3 is 0 Å². The Labute approximate surface area is 115 Å². The number of H-pyrrole nitrogens is 1. The minimum atomic E-state index is -3.12. The molecular formula is C13H8F4N4. The smallest absolute Gasteiger partial charge is 0.275 e. The van der Waals surface area contributed by atoms with Gasteiger partial charge in [0.05, 0.1) is 24.3 Å². The van der Waals surface area contributed by atoms with Crippen LogP contribution in [0.25, 0.3) is 22.2 Å². The monoisotopic (exact) mass is 296 g/mol. The van der Waals surface area contributed by atoms with E-state index < -0.39 is 23.3 Å². The highest BCUT2D eigenvalue weighted by Gasteiger charge is 2.26. The normalized spacial score (nSPS) is 12.0. The summed E-state index contributed by atoms with van der Waals surface area (Å²) in [7, 11) is 0. The Hall–Kier alpha value is -2.51. The van der Waals surface area contributed by atoms with Crippen LogP contribution in [-0.2, 0) is 5.92 Å². The number of halogens is 4. The van der Waals surface area contributed by atoms with E-state index in [4.69, 9.17) is 0 Å². The van der Waals surface area contributed by atoms with Crippen molar-refractivity contribution in [3.05, 3.63) is 42.0 Å². The molecular weight excluding hydrogens is 288 g/mol. The second kappa shape index (κ2) is 4.51. The molecule has 0 radical (unpaired) electrons. The van der Waals surface area contributed by atoms with Crippen LogP contribution < -0.4 is 0 Å². The lowest BCUT2D eigenvalue weighted by Crippen LogP contribution is -2.10. The summed E-state index contributed by atoms with van der Waals surface area (Å²) in [5.74, 6) is -5.27. The van der Waals surface area contributed by atoms with Crippen molar-refractivity contribution in [2.24, 2.45) is 0 Å². The first kappa shape index (κ1) is 13.5. The molecule has 0 unspecified atom stereocenters. The quantitative estimate of drug-likeness (QED) is 0.737. The molecule has 3 aromatic rings. The predicted octanol–water partition coefficient (Wildman–Crippen LogP) is 3.41. The molecule has 2 heterocycles. The molecule has 0 aliphatic carbocycles. The molecule has 0 atom stereocenters. The van der Waals surface area contributed by atoms with Crippen molar-refractivity contribution in [2.75, 3.05) is 0 Å². The topological polar surface area (TPSA) is 54.5 Å². The molecule has 0 aliphatic rings. The molecule has 108 valence electrons. The van der Waals surface area contributed by atoms with E-state index in [1.54, 1.807) is 0 Å². The van der Waals surface area contributed by atoms with E-state index in [9.17, 15) is 17.6 Å². The Bertz CT molecular complexity index is 805. The fraction of sp³-hybridized carbons (Fsp3) is 0.154. The molecule has 0 amide bonds. The number of aromatic nitrogens is 4. The number of alkyl halides is 2. The Morgan fingerprint density at radius 1 is 1.10 bits per heavy atom. The van der Waals surface area contributed by atoms with Crippen LogP contribution in [0.5, 0.6) is 0 Å². The van der Waals surface area contributed by atoms with Crippen molar-refractivity contribution in [1.82, 2.24) is 20.2 Å². The number of nitrogens with zero attached hydrogens (tertiary/aromatic N) is 3. The molecule has 0 aliphatic heterocycles. The van der Waals surface area contributed by atoms with Gasteiger partial charge in [0.2, 0.25) is 0 Å². The van der Waals surface area contributed by atoms with Gasteiger partial charge in [-0.1, -0.05) is 0 Å². The average Bonchev–Trinajstić information content (AvgIpc) is 2.92. The molecule has 21 heavy (non-hydrogen) atoms. The molecule has 8 heteroatoms.